The van der Waals surface area contributed by atoms with E-state index >= 15 is 0 Å². The first-order valence-corrected chi connectivity index (χ1v) is 8.01. The van der Waals surface area contributed by atoms with Crippen molar-refractivity contribution in [3.8, 4) is 0 Å². The van der Waals surface area contributed by atoms with Gasteiger partial charge in [0.25, 0.3) is 0 Å². The minimum atomic E-state index is -0.300. The van der Waals surface area contributed by atoms with Crippen LogP contribution in [0.2, 0.25) is 0 Å². The minimum Gasteiger partial charge on any atom is -0.462 e. The molecular formula is C17H26N2O2. The Morgan fingerprint density at radius 1 is 1.38 bits per heavy atom. The van der Waals surface area contributed by atoms with Crippen molar-refractivity contribution in [3.63, 3.8) is 0 Å². The van der Waals surface area contributed by atoms with E-state index in [0.29, 0.717) is 17.9 Å². The van der Waals surface area contributed by atoms with Gasteiger partial charge in [-0.05, 0) is 43.9 Å². The minimum absolute atomic E-state index is 0.300. The predicted molar refractivity (Wildman–Crippen MR) is 86.5 cm³/mol. The van der Waals surface area contributed by atoms with E-state index in [4.69, 9.17) is 10.5 Å². The smallest absolute Gasteiger partial charge is 0.338 e. The molecule has 0 saturated heterocycles. The molecule has 3 N–H and O–H groups in total. The van der Waals surface area contributed by atoms with E-state index in [1.165, 1.54) is 32.1 Å². The molecule has 4 heteroatoms. The summed E-state index contributed by atoms with van der Waals surface area (Å²) in [7, 11) is 0. The molecular weight excluding hydrogens is 264 g/mol. The number of carbonyl (C=O) groups excluding carboxylic acids is 1. The molecule has 0 atom stereocenters. The lowest BCUT2D eigenvalue weighted by Crippen LogP contribution is -2.09. The largest absolute Gasteiger partial charge is 0.462 e. The number of carbonyl (C=O) groups is 1. The van der Waals surface area contributed by atoms with Crippen molar-refractivity contribution < 1.29 is 9.53 Å². The first-order chi connectivity index (χ1) is 10.2. The fourth-order valence-corrected chi connectivity index (χ4v) is 2.96. The topological polar surface area (TPSA) is 64.3 Å². The van der Waals surface area contributed by atoms with Crippen molar-refractivity contribution >= 4 is 17.3 Å². The predicted octanol–water partition coefficient (Wildman–Crippen LogP) is 3.83. The molecule has 0 spiro atoms. The van der Waals surface area contributed by atoms with Crippen molar-refractivity contribution in [2.75, 3.05) is 24.2 Å². The van der Waals surface area contributed by atoms with Crippen molar-refractivity contribution in [1.29, 1.82) is 0 Å². The summed E-state index contributed by atoms with van der Waals surface area (Å²) in [5, 5.41) is 3.34. The van der Waals surface area contributed by atoms with Gasteiger partial charge in [0.05, 0.1) is 23.5 Å². The Hall–Kier alpha value is -1.71. The van der Waals surface area contributed by atoms with E-state index in [2.05, 4.69) is 5.32 Å². The third-order valence-corrected chi connectivity index (χ3v) is 4.14. The van der Waals surface area contributed by atoms with Crippen molar-refractivity contribution in [2.24, 2.45) is 5.92 Å². The van der Waals surface area contributed by atoms with Gasteiger partial charge in [-0.25, -0.2) is 4.79 Å². The normalized spacial score (nSPS) is 15.1. The van der Waals surface area contributed by atoms with Crippen LogP contribution in [0, 0.1) is 5.92 Å². The summed E-state index contributed by atoms with van der Waals surface area (Å²) in [6.45, 7) is 3.08. The summed E-state index contributed by atoms with van der Waals surface area (Å²) in [6, 6.07) is 5.24. The van der Waals surface area contributed by atoms with Gasteiger partial charge < -0.3 is 15.8 Å². The highest BCUT2D eigenvalue weighted by Crippen LogP contribution is 2.28. The van der Waals surface area contributed by atoms with Crippen LogP contribution in [-0.4, -0.2) is 19.1 Å². The van der Waals surface area contributed by atoms with Crippen LogP contribution in [0.25, 0.3) is 0 Å². The van der Waals surface area contributed by atoms with Gasteiger partial charge in [0.1, 0.15) is 0 Å². The molecule has 0 amide bonds. The summed E-state index contributed by atoms with van der Waals surface area (Å²) < 4.78 is 5.01. The number of nitrogen functional groups attached to an aromatic ring is 1. The molecule has 1 aromatic rings. The first-order valence-electron chi connectivity index (χ1n) is 8.01. The maximum absolute atomic E-state index is 11.7. The Labute approximate surface area is 127 Å². The summed E-state index contributed by atoms with van der Waals surface area (Å²) in [4.78, 5) is 11.7. The highest BCUT2D eigenvalue weighted by Gasteiger charge is 2.14. The van der Waals surface area contributed by atoms with Crippen LogP contribution < -0.4 is 11.1 Å². The summed E-state index contributed by atoms with van der Waals surface area (Å²) in [6.07, 6.45) is 8.00. The molecule has 0 aliphatic heterocycles. The molecule has 2 rings (SSSR count). The van der Waals surface area contributed by atoms with Gasteiger partial charge >= 0.3 is 5.97 Å². The van der Waals surface area contributed by atoms with E-state index in [9.17, 15) is 4.79 Å². The summed E-state index contributed by atoms with van der Waals surface area (Å²) in [5.41, 5.74) is 8.00. The quantitative estimate of drug-likeness (QED) is 0.455. The molecule has 0 bridgehead atoms. The van der Waals surface area contributed by atoms with Crippen LogP contribution in [0.4, 0.5) is 11.4 Å². The van der Waals surface area contributed by atoms with E-state index in [1.807, 2.05) is 0 Å². The van der Waals surface area contributed by atoms with Gasteiger partial charge in [0.15, 0.2) is 0 Å². The zero-order valence-corrected chi connectivity index (χ0v) is 12.9. The Balaban J connectivity index is 1.83. The van der Waals surface area contributed by atoms with Gasteiger partial charge in [-0.1, -0.05) is 25.7 Å². The molecule has 4 nitrogen and oxygen atoms in total. The molecule has 0 unspecified atom stereocenters. The fraction of sp³-hybridized carbons (Fsp3) is 0.588. The third-order valence-electron chi connectivity index (χ3n) is 4.14. The average molecular weight is 290 g/mol. The van der Waals surface area contributed by atoms with Gasteiger partial charge in [0.2, 0.25) is 0 Å². The SMILES string of the molecule is CCOC(=O)c1ccc(N)c(NCCCC2CCCC2)c1. The maximum Gasteiger partial charge on any atom is 0.338 e. The summed E-state index contributed by atoms with van der Waals surface area (Å²) in [5.74, 6) is 0.613. The molecule has 0 heterocycles. The van der Waals surface area contributed by atoms with E-state index in [0.717, 1.165) is 24.6 Å². The molecule has 0 aromatic heterocycles. The number of hydrogen-bond donors (Lipinski definition) is 2. The van der Waals surface area contributed by atoms with Gasteiger partial charge in [-0.2, -0.15) is 0 Å². The molecule has 1 fully saturated rings. The number of ether oxygens (including phenoxy) is 1. The highest BCUT2D eigenvalue weighted by atomic mass is 16.5. The van der Waals surface area contributed by atoms with Crippen LogP contribution in [0.5, 0.6) is 0 Å². The lowest BCUT2D eigenvalue weighted by molar-refractivity contribution is 0.0526. The number of anilines is 2. The van der Waals surface area contributed by atoms with Crippen LogP contribution in [0.1, 0.15) is 55.8 Å². The zero-order chi connectivity index (χ0) is 15.1. The van der Waals surface area contributed by atoms with Gasteiger partial charge in [0, 0.05) is 6.54 Å². The molecule has 1 aliphatic carbocycles. The van der Waals surface area contributed by atoms with E-state index in [-0.39, 0.29) is 5.97 Å². The van der Waals surface area contributed by atoms with Crippen molar-refractivity contribution in [1.82, 2.24) is 0 Å². The van der Waals surface area contributed by atoms with E-state index in [1.54, 1.807) is 25.1 Å². The highest BCUT2D eigenvalue weighted by molar-refractivity contribution is 5.92. The number of rotatable bonds is 7. The monoisotopic (exact) mass is 290 g/mol. The number of nitrogens with two attached hydrogens (primary N) is 1. The Kier molecular flexibility index (Phi) is 5.90. The average Bonchev–Trinajstić information content (AvgIpc) is 2.98. The van der Waals surface area contributed by atoms with Crippen molar-refractivity contribution in [2.45, 2.75) is 45.4 Å². The zero-order valence-electron chi connectivity index (χ0n) is 12.9. The Morgan fingerprint density at radius 3 is 2.86 bits per heavy atom. The fourth-order valence-electron chi connectivity index (χ4n) is 2.96. The van der Waals surface area contributed by atoms with Gasteiger partial charge in [-0.3, -0.25) is 0 Å². The number of benzene rings is 1. The van der Waals surface area contributed by atoms with Crippen LogP contribution >= 0.6 is 0 Å². The van der Waals surface area contributed by atoms with Crippen LogP contribution in [0.15, 0.2) is 18.2 Å². The molecule has 1 aromatic carbocycles. The Morgan fingerprint density at radius 2 is 2.14 bits per heavy atom. The molecule has 116 valence electrons. The number of hydrogen-bond acceptors (Lipinski definition) is 4. The van der Waals surface area contributed by atoms with Crippen LogP contribution in [0.3, 0.4) is 0 Å². The molecule has 1 aliphatic rings. The van der Waals surface area contributed by atoms with E-state index < -0.39 is 0 Å². The van der Waals surface area contributed by atoms with Crippen LogP contribution in [-0.2, 0) is 4.74 Å². The summed E-state index contributed by atoms with van der Waals surface area (Å²) >= 11 is 0. The number of esters is 1. The molecule has 1 saturated carbocycles. The second kappa shape index (κ2) is 7.91. The molecule has 21 heavy (non-hydrogen) atoms. The lowest BCUT2D eigenvalue weighted by atomic mass is 10.0. The second-order valence-electron chi connectivity index (χ2n) is 5.74. The van der Waals surface area contributed by atoms with Crippen molar-refractivity contribution in [3.05, 3.63) is 23.8 Å². The Bertz CT molecular complexity index is 468. The van der Waals surface area contributed by atoms with Gasteiger partial charge in [-0.15, -0.1) is 0 Å². The number of nitrogens with one attached hydrogen (secondary N) is 1. The third kappa shape index (κ3) is 4.66. The lowest BCUT2D eigenvalue weighted by Gasteiger charge is -2.12. The maximum atomic E-state index is 11.7. The first kappa shape index (κ1) is 15.7. The molecule has 0 radical (unpaired) electrons. The second-order valence-corrected chi connectivity index (χ2v) is 5.74. The standard InChI is InChI=1S/C17H26N2O2/c1-2-21-17(20)14-9-10-15(18)16(12-14)19-11-5-8-13-6-3-4-7-13/h9-10,12-13,19H,2-8,11,18H2,1H3.